The Balaban J connectivity index is 0.00000220. The van der Waals surface area contributed by atoms with Gasteiger partial charge in [0.15, 0.2) is 0 Å². The quantitative estimate of drug-likeness (QED) is 0.764. The molecule has 0 spiro atoms. The second kappa shape index (κ2) is 11.2. The number of benzene rings is 1. The second-order valence-corrected chi connectivity index (χ2v) is 5.50. The highest BCUT2D eigenvalue weighted by molar-refractivity contribution is 5.85. The normalized spacial score (nSPS) is 16.5. The zero-order chi connectivity index (χ0) is 14.4. The Labute approximate surface area is 144 Å². The maximum atomic E-state index is 13.5. The molecule has 2 rings (SSSR count). The summed E-state index contributed by atoms with van der Waals surface area (Å²) in [5.41, 5.74) is 0.778. The average Bonchev–Trinajstić information content (AvgIpc) is 2.43. The largest absolute Gasteiger partial charge is 0.314 e. The van der Waals surface area contributed by atoms with Crippen LogP contribution in [0, 0.1) is 11.6 Å². The summed E-state index contributed by atoms with van der Waals surface area (Å²) in [6.45, 7) is 5.94. The molecule has 0 bridgehead atoms. The zero-order valence-corrected chi connectivity index (χ0v) is 14.6. The van der Waals surface area contributed by atoms with Gasteiger partial charge in [0.1, 0.15) is 11.6 Å². The number of hydrogen-bond donors (Lipinski definition) is 1. The first-order valence-corrected chi connectivity index (χ1v) is 7.61. The van der Waals surface area contributed by atoms with Crippen molar-refractivity contribution in [1.82, 2.24) is 10.2 Å². The molecule has 1 N–H and O–H groups in total. The molecule has 1 heterocycles. The number of nitrogens with zero attached hydrogens (tertiary/aromatic N) is 1. The summed E-state index contributed by atoms with van der Waals surface area (Å²) < 4.78 is 26.9. The Kier molecular flexibility index (Phi) is 11.0. The van der Waals surface area contributed by atoms with Gasteiger partial charge < -0.3 is 5.32 Å². The minimum absolute atomic E-state index is 0. The van der Waals surface area contributed by atoms with E-state index in [1.165, 1.54) is 18.6 Å². The second-order valence-electron chi connectivity index (χ2n) is 5.50. The monoisotopic (exact) mass is 354 g/mol. The summed E-state index contributed by atoms with van der Waals surface area (Å²) in [4.78, 5) is 2.35. The van der Waals surface area contributed by atoms with Gasteiger partial charge in [0.05, 0.1) is 0 Å². The summed E-state index contributed by atoms with van der Waals surface area (Å²) in [6, 6.07) is 4.06. The third-order valence-corrected chi connectivity index (χ3v) is 3.94. The third-order valence-electron chi connectivity index (χ3n) is 3.94. The molecule has 0 radical (unpaired) electrons. The van der Waals surface area contributed by atoms with E-state index in [0.29, 0.717) is 0 Å². The molecule has 6 heteroatoms. The van der Waals surface area contributed by atoms with Crippen molar-refractivity contribution in [2.45, 2.75) is 38.6 Å². The van der Waals surface area contributed by atoms with Crippen molar-refractivity contribution in [3.05, 3.63) is 35.4 Å². The smallest absolute Gasteiger partial charge is 0.126 e. The van der Waals surface area contributed by atoms with Crippen molar-refractivity contribution < 1.29 is 8.78 Å². The van der Waals surface area contributed by atoms with E-state index in [1.807, 2.05) is 0 Å². The van der Waals surface area contributed by atoms with Crippen LogP contribution in [0.4, 0.5) is 8.78 Å². The van der Waals surface area contributed by atoms with Gasteiger partial charge >= 0.3 is 0 Å². The molecule has 1 fully saturated rings. The van der Waals surface area contributed by atoms with Crippen LogP contribution in [0.3, 0.4) is 0 Å². The van der Waals surface area contributed by atoms with Crippen molar-refractivity contribution in [3.63, 3.8) is 0 Å². The van der Waals surface area contributed by atoms with Crippen LogP contribution >= 0.6 is 24.8 Å². The Hall–Kier alpha value is -0.420. The predicted octanol–water partition coefficient (Wildman–Crippen LogP) is 4.34. The van der Waals surface area contributed by atoms with E-state index in [0.717, 1.165) is 57.1 Å². The maximum absolute atomic E-state index is 13.5. The maximum Gasteiger partial charge on any atom is 0.126 e. The molecule has 1 aliphatic rings. The molecule has 0 saturated carbocycles. The van der Waals surface area contributed by atoms with Crippen LogP contribution in [-0.4, -0.2) is 31.1 Å². The fraction of sp³-hybridized carbons (Fsp3) is 0.625. The topological polar surface area (TPSA) is 15.3 Å². The molecule has 0 aromatic heterocycles. The summed E-state index contributed by atoms with van der Waals surface area (Å²) >= 11 is 0. The molecule has 0 amide bonds. The fourth-order valence-corrected chi connectivity index (χ4v) is 2.91. The minimum Gasteiger partial charge on any atom is -0.314 e. The van der Waals surface area contributed by atoms with Gasteiger partial charge in [0.2, 0.25) is 0 Å². The Morgan fingerprint density at radius 2 is 1.64 bits per heavy atom. The fourth-order valence-electron chi connectivity index (χ4n) is 2.91. The minimum atomic E-state index is -0.476. The van der Waals surface area contributed by atoms with Gasteiger partial charge in [0, 0.05) is 38.3 Å². The first-order valence-electron chi connectivity index (χ1n) is 7.61. The average molecular weight is 355 g/mol. The van der Waals surface area contributed by atoms with E-state index < -0.39 is 11.6 Å². The van der Waals surface area contributed by atoms with Gasteiger partial charge in [-0.1, -0.05) is 26.2 Å². The van der Waals surface area contributed by atoms with Crippen molar-refractivity contribution in [2.75, 3.05) is 26.2 Å². The first-order chi connectivity index (χ1) is 9.70. The molecule has 1 aromatic rings. The number of unbranched alkanes of at least 4 members (excludes halogenated alkanes) is 2. The molecule has 0 aliphatic carbocycles. The van der Waals surface area contributed by atoms with Crippen LogP contribution in [0.25, 0.3) is 0 Å². The lowest BCUT2D eigenvalue weighted by molar-refractivity contribution is 0.162. The van der Waals surface area contributed by atoms with Gasteiger partial charge in [-0.15, -0.1) is 24.8 Å². The van der Waals surface area contributed by atoms with Crippen LogP contribution in [0.5, 0.6) is 0 Å². The molecule has 1 aliphatic heterocycles. The lowest BCUT2D eigenvalue weighted by atomic mass is 9.98. The zero-order valence-electron chi connectivity index (χ0n) is 13.0. The molecule has 2 nitrogen and oxygen atoms in total. The lowest BCUT2D eigenvalue weighted by Gasteiger charge is -2.35. The van der Waals surface area contributed by atoms with Crippen LogP contribution in [0.15, 0.2) is 18.2 Å². The number of halogens is 4. The summed E-state index contributed by atoms with van der Waals surface area (Å²) in [6.07, 6.45) is 4.39. The van der Waals surface area contributed by atoms with Crippen LogP contribution < -0.4 is 5.32 Å². The molecule has 1 saturated heterocycles. The summed E-state index contributed by atoms with van der Waals surface area (Å²) in [5, 5.41) is 3.32. The third kappa shape index (κ3) is 6.37. The van der Waals surface area contributed by atoms with E-state index in [9.17, 15) is 8.78 Å². The van der Waals surface area contributed by atoms with Crippen molar-refractivity contribution >= 4 is 24.8 Å². The summed E-state index contributed by atoms with van der Waals surface area (Å²) in [7, 11) is 0. The van der Waals surface area contributed by atoms with Crippen molar-refractivity contribution in [3.8, 4) is 0 Å². The first kappa shape index (κ1) is 21.6. The standard InChI is InChI=1S/C16H24F2N2.2ClH/c1-2-3-4-5-16(20-8-6-19-7-9-20)13-10-14(17)12-15(18)11-13;;/h10-12,16,19H,2-9H2,1H3;2*1H/t16-;;/m1../s1. The van der Waals surface area contributed by atoms with Crippen molar-refractivity contribution in [1.29, 1.82) is 0 Å². The van der Waals surface area contributed by atoms with Crippen molar-refractivity contribution in [2.24, 2.45) is 0 Å². The number of rotatable bonds is 6. The van der Waals surface area contributed by atoms with Crippen LogP contribution in [0.1, 0.15) is 44.2 Å². The summed E-state index contributed by atoms with van der Waals surface area (Å²) in [5.74, 6) is -0.953. The molecule has 22 heavy (non-hydrogen) atoms. The van der Waals surface area contributed by atoms with Gasteiger partial charge in [0.25, 0.3) is 0 Å². The van der Waals surface area contributed by atoms with Gasteiger partial charge in [-0.3, -0.25) is 4.90 Å². The van der Waals surface area contributed by atoms with E-state index in [4.69, 9.17) is 0 Å². The van der Waals surface area contributed by atoms with Crippen LogP contribution in [0.2, 0.25) is 0 Å². The Morgan fingerprint density at radius 1 is 1.05 bits per heavy atom. The number of nitrogens with one attached hydrogen (secondary N) is 1. The SMILES string of the molecule is CCCCC[C@H](c1cc(F)cc(F)c1)N1CCNCC1.Cl.Cl. The highest BCUT2D eigenvalue weighted by atomic mass is 35.5. The van der Waals surface area contributed by atoms with Gasteiger partial charge in [-0.05, 0) is 24.1 Å². The highest BCUT2D eigenvalue weighted by Gasteiger charge is 2.22. The molecule has 0 unspecified atom stereocenters. The lowest BCUT2D eigenvalue weighted by Crippen LogP contribution is -2.45. The van der Waals surface area contributed by atoms with E-state index in [2.05, 4.69) is 17.1 Å². The van der Waals surface area contributed by atoms with E-state index in [-0.39, 0.29) is 30.9 Å². The number of piperazine rings is 1. The molecular formula is C16H26Cl2F2N2. The predicted molar refractivity (Wildman–Crippen MR) is 92.2 cm³/mol. The Morgan fingerprint density at radius 3 is 2.18 bits per heavy atom. The van der Waals surface area contributed by atoms with Gasteiger partial charge in [-0.2, -0.15) is 0 Å². The van der Waals surface area contributed by atoms with Gasteiger partial charge in [-0.25, -0.2) is 8.78 Å². The molecule has 128 valence electrons. The molecule has 1 atom stereocenters. The van der Waals surface area contributed by atoms with E-state index in [1.54, 1.807) is 0 Å². The molecular weight excluding hydrogens is 329 g/mol. The van der Waals surface area contributed by atoms with Crippen LogP contribution in [-0.2, 0) is 0 Å². The Bertz CT molecular complexity index is 406. The van der Waals surface area contributed by atoms with E-state index >= 15 is 0 Å². The number of hydrogen-bond acceptors (Lipinski definition) is 2. The highest BCUT2D eigenvalue weighted by Crippen LogP contribution is 2.28. The molecule has 1 aromatic carbocycles.